The second-order valence-electron chi connectivity index (χ2n) is 9.04. The Bertz CT molecular complexity index is 1190. The van der Waals surface area contributed by atoms with E-state index in [1.165, 1.54) is 17.7 Å². The number of aryl methyl sites for hydroxylation is 2. The van der Waals surface area contributed by atoms with E-state index >= 15 is 0 Å². The van der Waals surface area contributed by atoms with Crippen molar-refractivity contribution in [2.45, 2.75) is 51.9 Å². The Morgan fingerprint density at radius 2 is 1.90 bits per heavy atom. The molecule has 1 N–H and O–H groups in total. The van der Waals surface area contributed by atoms with Gasteiger partial charge in [-0.15, -0.1) is 0 Å². The van der Waals surface area contributed by atoms with E-state index < -0.39 is 15.8 Å². The van der Waals surface area contributed by atoms with E-state index in [0.717, 1.165) is 42.1 Å². The first-order chi connectivity index (χ1) is 13.5. The van der Waals surface area contributed by atoms with Crippen LogP contribution in [0.1, 0.15) is 44.1 Å². The number of furan rings is 1. The molecule has 3 aromatic rings. The standard InChI is InChI=1S/C23H26FNO3S/c1-14-11-16(24)6-10-22(14)29(26,27)25-17-7-9-21-19(13-17)18-12-15(23(2,3)4)5-8-20(18)28-21/h6-7,9-11,13,15,25H,5,8,12H2,1-4H3/t15-/m1/s1. The number of hydrogen-bond donors (Lipinski definition) is 1. The zero-order valence-electron chi connectivity index (χ0n) is 17.2. The minimum absolute atomic E-state index is 0.0704. The Kier molecular flexibility index (Phi) is 4.73. The lowest BCUT2D eigenvalue weighted by atomic mass is 9.71. The SMILES string of the molecule is Cc1cc(F)ccc1S(=O)(=O)Nc1ccc2oc3c(c2c1)C[C@H](C(C)(C)C)CC3. The number of benzene rings is 2. The van der Waals surface area contributed by atoms with Gasteiger partial charge in [0.15, 0.2) is 0 Å². The Hall–Kier alpha value is -2.34. The smallest absolute Gasteiger partial charge is 0.262 e. The van der Waals surface area contributed by atoms with Crippen molar-refractivity contribution in [2.75, 3.05) is 4.72 Å². The van der Waals surface area contributed by atoms with Gasteiger partial charge in [0.25, 0.3) is 10.0 Å². The monoisotopic (exact) mass is 415 g/mol. The number of anilines is 1. The molecule has 154 valence electrons. The maximum Gasteiger partial charge on any atom is 0.262 e. The highest BCUT2D eigenvalue weighted by Crippen LogP contribution is 2.41. The fraction of sp³-hybridized carbons (Fsp3) is 0.391. The third-order valence-electron chi connectivity index (χ3n) is 5.95. The van der Waals surface area contributed by atoms with Crippen molar-refractivity contribution in [3.05, 3.63) is 59.1 Å². The topological polar surface area (TPSA) is 59.3 Å². The van der Waals surface area contributed by atoms with Crippen molar-refractivity contribution >= 4 is 26.7 Å². The van der Waals surface area contributed by atoms with Crippen LogP contribution < -0.4 is 4.72 Å². The Labute approximate surface area is 171 Å². The maximum atomic E-state index is 13.4. The summed E-state index contributed by atoms with van der Waals surface area (Å²) in [6.45, 7) is 8.36. The molecule has 0 bridgehead atoms. The summed E-state index contributed by atoms with van der Waals surface area (Å²) in [5, 5.41) is 0.963. The van der Waals surface area contributed by atoms with Crippen LogP contribution in [0.15, 0.2) is 45.7 Å². The third kappa shape index (κ3) is 3.78. The van der Waals surface area contributed by atoms with Crippen LogP contribution in [0, 0.1) is 24.1 Å². The van der Waals surface area contributed by atoms with Crippen molar-refractivity contribution in [1.29, 1.82) is 0 Å². The largest absolute Gasteiger partial charge is 0.461 e. The zero-order valence-corrected chi connectivity index (χ0v) is 18.0. The van der Waals surface area contributed by atoms with Crippen LogP contribution in [0.3, 0.4) is 0 Å². The molecule has 0 fully saturated rings. The summed E-state index contributed by atoms with van der Waals surface area (Å²) in [5.74, 6) is 1.11. The number of fused-ring (bicyclic) bond motifs is 3. The molecule has 1 aliphatic rings. The predicted molar refractivity (Wildman–Crippen MR) is 113 cm³/mol. The first kappa shape index (κ1) is 20.0. The molecule has 0 spiro atoms. The predicted octanol–water partition coefficient (Wildman–Crippen LogP) is 5.83. The quantitative estimate of drug-likeness (QED) is 0.585. The molecular weight excluding hydrogens is 389 g/mol. The molecule has 2 aromatic carbocycles. The maximum absolute atomic E-state index is 13.4. The van der Waals surface area contributed by atoms with Crippen molar-refractivity contribution in [1.82, 2.24) is 0 Å². The first-order valence-electron chi connectivity index (χ1n) is 9.88. The summed E-state index contributed by atoms with van der Waals surface area (Å²) in [6, 6.07) is 9.03. The second kappa shape index (κ2) is 6.87. The molecule has 6 heteroatoms. The molecule has 1 atom stereocenters. The summed E-state index contributed by atoms with van der Waals surface area (Å²) in [5.41, 5.74) is 3.02. The molecule has 4 rings (SSSR count). The highest BCUT2D eigenvalue weighted by atomic mass is 32.2. The summed E-state index contributed by atoms with van der Waals surface area (Å²) in [4.78, 5) is 0.0704. The fourth-order valence-electron chi connectivity index (χ4n) is 4.21. The molecule has 0 amide bonds. The molecule has 0 radical (unpaired) electrons. The molecule has 1 heterocycles. The fourth-order valence-corrected chi connectivity index (χ4v) is 5.48. The molecule has 29 heavy (non-hydrogen) atoms. The van der Waals surface area contributed by atoms with Gasteiger partial charge in [-0.2, -0.15) is 0 Å². The van der Waals surface area contributed by atoms with Crippen molar-refractivity contribution in [3.8, 4) is 0 Å². The van der Waals surface area contributed by atoms with Gasteiger partial charge >= 0.3 is 0 Å². The number of sulfonamides is 1. The molecule has 0 unspecified atom stereocenters. The number of halogens is 1. The normalized spacial score (nSPS) is 17.3. The van der Waals surface area contributed by atoms with Gasteiger partial charge in [-0.1, -0.05) is 20.8 Å². The molecule has 0 saturated heterocycles. The van der Waals surface area contributed by atoms with E-state index in [9.17, 15) is 12.8 Å². The van der Waals surface area contributed by atoms with Gasteiger partial charge in [0.1, 0.15) is 17.2 Å². The Balaban J connectivity index is 1.69. The van der Waals surface area contributed by atoms with E-state index in [1.807, 2.05) is 12.1 Å². The van der Waals surface area contributed by atoms with Gasteiger partial charge in [-0.05, 0) is 73.1 Å². The van der Waals surface area contributed by atoms with Gasteiger partial charge in [-0.3, -0.25) is 4.72 Å². The van der Waals surface area contributed by atoms with Crippen LogP contribution in [0.4, 0.5) is 10.1 Å². The van der Waals surface area contributed by atoms with Crippen LogP contribution in [0.5, 0.6) is 0 Å². The van der Waals surface area contributed by atoms with E-state index in [2.05, 4.69) is 25.5 Å². The highest BCUT2D eigenvalue weighted by molar-refractivity contribution is 7.92. The van der Waals surface area contributed by atoms with Gasteiger partial charge in [0.2, 0.25) is 0 Å². The Morgan fingerprint density at radius 3 is 2.59 bits per heavy atom. The number of nitrogens with one attached hydrogen (secondary N) is 1. The van der Waals surface area contributed by atoms with Crippen molar-refractivity contribution in [2.24, 2.45) is 11.3 Å². The molecular formula is C23H26FNO3S. The van der Waals surface area contributed by atoms with E-state index in [0.29, 0.717) is 17.2 Å². The minimum atomic E-state index is -3.82. The van der Waals surface area contributed by atoms with E-state index in [-0.39, 0.29) is 10.3 Å². The van der Waals surface area contributed by atoms with Crippen LogP contribution in [-0.4, -0.2) is 8.42 Å². The molecule has 0 saturated carbocycles. The van der Waals surface area contributed by atoms with Crippen molar-refractivity contribution < 1.29 is 17.2 Å². The lowest BCUT2D eigenvalue weighted by Gasteiger charge is -2.33. The molecule has 1 aliphatic carbocycles. The summed E-state index contributed by atoms with van der Waals surface area (Å²) < 4.78 is 47.7. The van der Waals surface area contributed by atoms with Gasteiger partial charge in [-0.25, -0.2) is 12.8 Å². The van der Waals surface area contributed by atoms with Crippen LogP contribution in [-0.2, 0) is 22.9 Å². The highest BCUT2D eigenvalue weighted by Gasteiger charge is 2.31. The van der Waals surface area contributed by atoms with Crippen LogP contribution in [0.25, 0.3) is 11.0 Å². The van der Waals surface area contributed by atoms with Crippen molar-refractivity contribution in [3.63, 3.8) is 0 Å². The summed E-state index contributed by atoms with van der Waals surface area (Å²) in [6.07, 6.45) is 2.93. The lowest BCUT2D eigenvalue weighted by molar-refractivity contribution is 0.210. The van der Waals surface area contributed by atoms with E-state index in [1.54, 1.807) is 13.0 Å². The van der Waals surface area contributed by atoms with Gasteiger partial charge in [0.05, 0.1) is 4.90 Å². The van der Waals surface area contributed by atoms with Gasteiger partial charge < -0.3 is 4.42 Å². The summed E-state index contributed by atoms with van der Waals surface area (Å²) >= 11 is 0. The van der Waals surface area contributed by atoms with Gasteiger partial charge in [0, 0.05) is 23.1 Å². The van der Waals surface area contributed by atoms with Crippen LogP contribution >= 0.6 is 0 Å². The van der Waals surface area contributed by atoms with Crippen LogP contribution in [0.2, 0.25) is 0 Å². The molecule has 0 aliphatic heterocycles. The Morgan fingerprint density at radius 1 is 1.14 bits per heavy atom. The zero-order chi connectivity index (χ0) is 21.0. The third-order valence-corrected chi connectivity index (χ3v) is 7.49. The lowest BCUT2D eigenvalue weighted by Crippen LogP contribution is -2.26. The average molecular weight is 416 g/mol. The first-order valence-corrected chi connectivity index (χ1v) is 11.4. The molecule has 1 aromatic heterocycles. The number of hydrogen-bond acceptors (Lipinski definition) is 3. The summed E-state index contributed by atoms with van der Waals surface area (Å²) in [7, 11) is -3.82. The molecule has 4 nitrogen and oxygen atoms in total. The second-order valence-corrected chi connectivity index (χ2v) is 10.7. The average Bonchev–Trinajstić information content (AvgIpc) is 2.97. The van der Waals surface area contributed by atoms with E-state index in [4.69, 9.17) is 4.42 Å². The number of rotatable bonds is 3. The minimum Gasteiger partial charge on any atom is -0.461 e.